The number of carboxylic acid groups (broad SMARTS) is 1. The van der Waals surface area contributed by atoms with Gasteiger partial charge in [-0.05, 0) is 26.3 Å². The molecule has 0 radical (unpaired) electrons. The zero-order chi connectivity index (χ0) is 22.4. The van der Waals surface area contributed by atoms with Gasteiger partial charge in [0.15, 0.2) is 0 Å². The van der Waals surface area contributed by atoms with Gasteiger partial charge < -0.3 is 19.9 Å². The van der Waals surface area contributed by atoms with Crippen LogP contribution in [0.5, 0.6) is 0 Å². The number of nitrogens with zero attached hydrogens (tertiary/aromatic N) is 2. The van der Waals surface area contributed by atoms with Crippen LogP contribution in [0.4, 0.5) is 10.1 Å². The molecule has 1 saturated heterocycles. The Hall–Kier alpha value is -2.50. The molecule has 0 bridgehead atoms. The number of aromatic nitrogens is 1. The standard InChI is InChI=1S/C18H20FN3O3.CH4O3S/c1-9-7-21(4-3-20-9)16-11-5-10(2)22-8-13(18(24)25)17(23)12(15(11)22)6-14(16)19;1-5(2,3)4/h6,8-10,20H,3-5,7H2,1-2H3,(H,24,25);1H3,(H,2,3,4). The van der Waals surface area contributed by atoms with Crippen molar-refractivity contribution in [2.75, 3.05) is 30.8 Å². The van der Waals surface area contributed by atoms with E-state index in [0.29, 0.717) is 37.0 Å². The number of piperazine rings is 1. The van der Waals surface area contributed by atoms with Gasteiger partial charge in [0.05, 0.1) is 17.5 Å². The Balaban J connectivity index is 0.000000461. The molecule has 4 rings (SSSR count). The molecule has 1 fully saturated rings. The molecule has 1 aromatic heterocycles. The van der Waals surface area contributed by atoms with E-state index in [1.807, 2.05) is 16.4 Å². The van der Waals surface area contributed by atoms with Crippen molar-refractivity contribution < 1.29 is 27.3 Å². The number of nitrogens with one attached hydrogen (secondary N) is 1. The van der Waals surface area contributed by atoms with Gasteiger partial charge in [0.2, 0.25) is 5.43 Å². The van der Waals surface area contributed by atoms with Crippen LogP contribution in [0.1, 0.15) is 35.8 Å². The normalized spacial score (nSPS) is 20.8. The third kappa shape index (κ3) is 4.32. The second-order valence-electron chi connectivity index (χ2n) is 7.75. The van der Waals surface area contributed by atoms with E-state index in [9.17, 15) is 27.5 Å². The number of aromatic carboxylic acids is 1. The molecule has 0 saturated carbocycles. The van der Waals surface area contributed by atoms with E-state index < -0.39 is 27.3 Å². The van der Waals surface area contributed by atoms with Crippen LogP contribution < -0.4 is 15.6 Å². The van der Waals surface area contributed by atoms with E-state index in [1.54, 1.807) is 0 Å². The molecular formula is C19H24FN3O6S. The number of hydrogen-bond donors (Lipinski definition) is 3. The number of anilines is 1. The summed E-state index contributed by atoms with van der Waals surface area (Å²) in [5.41, 5.74) is 1.11. The van der Waals surface area contributed by atoms with E-state index >= 15 is 0 Å². The Morgan fingerprint density at radius 3 is 2.53 bits per heavy atom. The van der Waals surface area contributed by atoms with Crippen molar-refractivity contribution in [3.8, 4) is 0 Å². The lowest BCUT2D eigenvalue weighted by Gasteiger charge is -2.35. The first-order chi connectivity index (χ1) is 13.9. The average Bonchev–Trinajstić information content (AvgIpc) is 2.92. The Kier molecular flexibility index (Phi) is 5.89. The number of carbonyl (C=O) groups is 1. The molecule has 0 spiro atoms. The number of halogens is 1. The minimum Gasteiger partial charge on any atom is -0.477 e. The van der Waals surface area contributed by atoms with Gasteiger partial charge in [-0.25, -0.2) is 9.18 Å². The molecule has 0 aliphatic carbocycles. The highest BCUT2D eigenvalue weighted by Crippen LogP contribution is 2.39. The zero-order valence-electron chi connectivity index (χ0n) is 16.8. The SMILES string of the molecule is CC1CN(c2c(F)cc3c(=O)c(C(=O)O)cn4c3c2CC4C)CCN1.CS(=O)(=O)O. The lowest BCUT2D eigenvalue weighted by Crippen LogP contribution is -2.49. The maximum Gasteiger partial charge on any atom is 0.341 e. The van der Waals surface area contributed by atoms with Gasteiger partial charge in [-0.15, -0.1) is 0 Å². The van der Waals surface area contributed by atoms with Crippen molar-refractivity contribution >= 4 is 32.7 Å². The molecule has 30 heavy (non-hydrogen) atoms. The maximum absolute atomic E-state index is 15.0. The van der Waals surface area contributed by atoms with E-state index in [1.165, 1.54) is 12.3 Å². The van der Waals surface area contributed by atoms with Gasteiger partial charge in [-0.3, -0.25) is 9.35 Å². The van der Waals surface area contributed by atoms with Crippen LogP contribution >= 0.6 is 0 Å². The van der Waals surface area contributed by atoms with Gasteiger partial charge in [0.1, 0.15) is 11.4 Å². The number of pyridine rings is 1. The Labute approximate surface area is 172 Å². The van der Waals surface area contributed by atoms with Crippen LogP contribution in [0.15, 0.2) is 17.1 Å². The average molecular weight is 441 g/mol. The first kappa shape index (κ1) is 22.2. The zero-order valence-corrected chi connectivity index (χ0v) is 17.7. The van der Waals surface area contributed by atoms with Crippen LogP contribution in [0, 0.1) is 5.82 Å². The lowest BCUT2D eigenvalue weighted by atomic mass is 10.0. The Morgan fingerprint density at radius 1 is 1.33 bits per heavy atom. The molecule has 0 amide bonds. The summed E-state index contributed by atoms with van der Waals surface area (Å²) in [4.78, 5) is 25.9. The summed E-state index contributed by atoms with van der Waals surface area (Å²) in [6.45, 7) is 6.19. The third-order valence-electron chi connectivity index (χ3n) is 5.23. The smallest absolute Gasteiger partial charge is 0.341 e. The molecule has 3 N–H and O–H groups in total. The molecule has 3 heterocycles. The minimum absolute atomic E-state index is 0.0166. The van der Waals surface area contributed by atoms with Gasteiger partial charge in [-0.1, -0.05) is 0 Å². The van der Waals surface area contributed by atoms with Crippen LogP contribution in [0.25, 0.3) is 10.9 Å². The van der Waals surface area contributed by atoms with Gasteiger partial charge >= 0.3 is 5.97 Å². The van der Waals surface area contributed by atoms with E-state index in [-0.39, 0.29) is 23.0 Å². The molecule has 1 aromatic carbocycles. The second-order valence-corrected chi connectivity index (χ2v) is 9.22. The Morgan fingerprint density at radius 2 is 1.97 bits per heavy atom. The highest BCUT2D eigenvalue weighted by atomic mass is 32.2. The van der Waals surface area contributed by atoms with E-state index in [0.717, 1.165) is 12.1 Å². The summed E-state index contributed by atoms with van der Waals surface area (Å²) in [5, 5.41) is 12.8. The maximum atomic E-state index is 15.0. The lowest BCUT2D eigenvalue weighted by molar-refractivity contribution is 0.0694. The topological polar surface area (TPSA) is 129 Å². The molecule has 2 aliphatic heterocycles. The van der Waals surface area contributed by atoms with E-state index in [2.05, 4.69) is 12.2 Å². The molecule has 2 unspecified atom stereocenters. The van der Waals surface area contributed by atoms with Gasteiger partial charge in [0.25, 0.3) is 10.1 Å². The van der Waals surface area contributed by atoms with Crippen LogP contribution in [-0.4, -0.2) is 60.5 Å². The highest BCUT2D eigenvalue weighted by molar-refractivity contribution is 7.85. The number of carboxylic acids is 1. The fourth-order valence-corrected chi connectivity index (χ4v) is 4.12. The first-order valence-corrected chi connectivity index (χ1v) is 11.3. The van der Waals surface area contributed by atoms with Crippen molar-refractivity contribution in [2.45, 2.75) is 32.4 Å². The van der Waals surface area contributed by atoms with Crippen molar-refractivity contribution in [2.24, 2.45) is 0 Å². The summed E-state index contributed by atoms with van der Waals surface area (Å²) in [6, 6.07) is 1.45. The molecule has 164 valence electrons. The van der Waals surface area contributed by atoms with Crippen molar-refractivity contribution in [3.63, 3.8) is 0 Å². The quantitative estimate of drug-likeness (QED) is 0.594. The van der Waals surface area contributed by atoms with Gasteiger partial charge in [0, 0.05) is 48.9 Å². The predicted molar refractivity (Wildman–Crippen MR) is 111 cm³/mol. The summed E-state index contributed by atoms with van der Waals surface area (Å²) in [6.07, 6.45) is 2.70. The molecule has 2 aliphatic rings. The number of benzene rings is 1. The number of hydrogen-bond acceptors (Lipinski definition) is 6. The highest BCUT2D eigenvalue weighted by Gasteiger charge is 2.31. The molecule has 11 heteroatoms. The minimum atomic E-state index is -3.67. The van der Waals surface area contributed by atoms with Crippen LogP contribution in [0.3, 0.4) is 0 Å². The summed E-state index contributed by atoms with van der Waals surface area (Å²) in [5.74, 6) is -1.73. The van der Waals surface area contributed by atoms with Crippen LogP contribution in [0.2, 0.25) is 0 Å². The Bertz CT molecular complexity index is 1170. The molecule has 2 aromatic rings. The van der Waals surface area contributed by atoms with Crippen molar-refractivity contribution in [1.82, 2.24) is 9.88 Å². The summed E-state index contributed by atoms with van der Waals surface area (Å²) in [7, 11) is -3.67. The monoisotopic (exact) mass is 441 g/mol. The summed E-state index contributed by atoms with van der Waals surface area (Å²) >= 11 is 0. The first-order valence-electron chi connectivity index (χ1n) is 9.42. The summed E-state index contributed by atoms with van der Waals surface area (Å²) < 4.78 is 42.7. The van der Waals surface area contributed by atoms with Gasteiger partial charge in [-0.2, -0.15) is 8.42 Å². The van der Waals surface area contributed by atoms with Crippen LogP contribution in [-0.2, 0) is 16.5 Å². The predicted octanol–water partition coefficient (Wildman–Crippen LogP) is 1.26. The van der Waals surface area contributed by atoms with E-state index in [4.69, 9.17) is 4.55 Å². The number of rotatable bonds is 2. The molecular weight excluding hydrogens is 417 g/mol. The van der Waals surface area contributed by atoms with Crippen molar-refractivity contribution in [1.29, 1.82) is 0 Å². The fraction of sp³-hybridized carbons (Fsp3) is 0.474. The molecule has 9 nitrogen and oxygen atoms in total. The second kappa shape index (κ2) is 7.97. The largest absolute Gasteiger partial charge is 0.477 e. The molecule has 2 atom stereocenters. The third-order valence-corrected chi connectivity index (χ3v) is 5.23. The van der Waals surface area contributed by atoms with Crippen molar-refractivity contribution in [3.05, 3.63) is 39.4 Å². The fourth-order valence-electron chi connectivity index (χ4n) is 4.12.